The molecule has 6 heteroatoms. The minimum absolute atomic E-state index is 0.0627. The summed E-state index contributed by atoms with van der Waals surface area (Å²) in [6.07, 6.45) is 1.73. The van der Waals surface area contributed by atoms with Crippen molar-refractivity contribution in [1.82, 2.24) is 9.97 Å². The van der Waals surface area contributed by atoms with E-state index in [1.807, 2.05) is 32.0 Å². The maximum atomic E-state index is 9.60. The van der Waals surface area contributed by atoms with Gasteiger partial charge >= 0.3 is 0 Å². The number of hydrogen-bond acceptors (Lipinski definition) is 5. The van der Waals surface area contributed by atoms with Crippen molar-refractivity contribution in [2.75, 3.05) is 13.7 Å². The Kier molecular flexibility index (Phi) is 5.10. The third-order valence-corrected chi connectivity index (χ3v) is 4.26. The number of allylic oxidation sites excluding steroid dienone is 1. The Bertz CT molecular complexity index is 1070. The van der Waals surface area contributed by atoms with Crippen molar-refractivity contribution in [3.05, 3.63) is 52.8 Å². The number of hydrogen-bond donors (Lipinski definition) is 1. The number of nitriles is 2. The molecule has 3 aromatic rings. The summed E-state index contributed by atoms with van der Waals surface area (Å²) in [7, 11) is 1.52. The molecule has 27 heavy (non-hydrogen) atoms. The van der Waals surface area contributed by atoms with Crippen LogP contribution in [0, 0.1) is 36.5 Å². The van der Waals surface area contributed by atoms with E-state index in [9.17, 15) is 5.26 Å². The summed E-state index contributed by atoms with van der Waals surface area (Å²) >= 11 is 0. The number of nitrogens with zero attached hydrogens (tertiary/aromatic N) is 3. The van der Waals surface area contributed by atoms with Gasteiger partial charge in [-0.15, -0.1) is 0 Å². The van der Waals surface area contributed by atoms with E-state index < -0.39 is 0 Å². The van der Waals surface area contributed by atoms with Gasteiger partial charge in [0.05, 0.1) is 23.7 Å². The molecule has 0 atom stereocenters. The second-order valence-corrected chi connectivity index (χ2v) is 6.07. The number of aromatic nitrogens is 2. The quantitative estimate of drug-likeness (QED) is 0.691. The number of H-pyrrole nitrogens is 1. The predicted molar refractivity (Wildman–Crippen MR) is 103 cm³/mol. The van der Waals surface area contributed by atoms with Gasteiger partial charge < -0.3 is 14.5 Å². The van der Waals surface area contributed by atoms with E-state index in [1.165, 1.54) is 7.11 Å². The minimum atomic E-state index is -0.0627. The van der Waals surface area contributed by atoms with Crippen LogP contribution < -0.4 is 9.47 Å². The van der Waals surface area contributed by atoms with Gasteiger partial charge in [0.15, 0.2) is 18.1 Å². The molecular formula is C21H18N4O2. The molecule has 0 bridgehead atoms. The summed E-state index contributed by atoms with van der Waals surface area (Å²) in [5.74, 6) is 1.48. The van der Waals surface area contributed by atoms with Crippen LogP contribution in [-0.2, 0) is 0 Å². The van der Waals surface area contributed by atoms with E-state index in [0.717, 1.165) is 27.7 Å². The topological polar surface area (TPSA) is 94.7 Å². The van der Waals surface area contributed by atoms with Crippen LogP contribution >= 0.6 is 0 Å². The van der Waals surface area contributed by atoms with Crippen molar-refractivity contribution in [2.45, 2.75) is 13.8 Å². The zero-order chi connectivity index (χ0) is 19.4. The van der Waals surface area contributed by atoms with Crippen molar-refractivity contribution in [3.63, 3.8) is 0 Å². The van der Waals surface area contributed by atoms with Crippen LogP contribution in [0.1, 0.15) is 22.5 Å². The minimum Gasteiger partial charge on any atom is -0.493 e. The molecule has 0 aliphatic carbocycles. The Balaban J connectivity index is 1.99. The summed E-state index contributed by atoms with van der Waals surface area (Å²) in [4.78, 5) is 7.75. The second-order valence-electron chi connectivity index (χ2n) is 6.07. The van der Waals surface area contributed by atoms with Crippen LogP contribution in [0.25, 0.3) is 22.7 Å². The molecule has 134 valence electrons. The molecule has 0 spiro atoms. The van der Waals surface area contributed by atoms with E-state index in [4.69, 9.17) is 14.7 Å². The molecule has 0 saturated carbocycles. The highest BCUT2D eigenvalue weighted by Crippen LogP contribution is 2.30. The average Bonchev–Trinajstić information content (AvgIpc) is 3.07. The molecular weight excluding hydrogens is 340 g/mol. The molecule has 3 rings (SSSR count). The zero-order valence-electron chi connectivity index (χ0n) is 15.3. The number of ether oxygens (including phenoxy) is 2. The molecule has 0 saturated heterocycles. The van der Waals surface area contributed by atoms with Crippen LogP contribution in [-0.4, -0.2) is 23.7 Å². The van der Waals surface area contributed by atoms with Gasteiger partial charge in [-0.25, -0.2) is 4.98 Å². The van der Waals surface area contributed by atoms with Gasteiger partial charge in [-0.3, -0.25) is 0 Å². The second kappa shape index (κ2) is 7.63. The first-order valence-corrected chi connectivity index (χ1v) is 8.32. The third kappa shape index (κ3) is 3.75. The van der Waals surface area contributed by atoms with Gasteiger partial charge in [-0.05, 0) is 60.9 Å². The van der Waals surface area contributed by atoms with Gasteiger partial charge in [0.1, 0.15) is 18.0 Å². The largest absolute Gasteiger partial charge is 0.493 e. The van der Waals surface area contributed by atoms with Crippen LogP contribution in [0.2, 0.25) is 0 Å². The van der Waals surface area contributed by atoms with Crippen molar-refractivity contribution in [1.29, 1.82) is 10.5 Å². The smallest absolute Gasteiger partial charge is 0.174 e. The Morgan fingerprint density at radius 1 is 1.15 bits per heavy atom. The Morgan fingerprint density at radius 2 is 1.93 bits per heavy atom. The lowest BCUT2D eigenvalue weighted by Crippen LogP contribution is -1.97. The van der Waals surface area contributed by atoms with Gasteiger partial charge in [0, 0.05) is 0 Å². The molecule has 6 nitrogen and oxygen atoms in total. The standard InChI is InChI=1S/C21H18N4O2/c1-13-8-17-18(9-14(13)2)25-21(24-17)16(12-23)10-15-4-5-19(27-7-6-22)20(11-15)26-3/h4-5,8-11H,7H2,1-3H3,(H,24,25)/b16-10-. The van der Waals surface area contributed by atoms with Crippen LogP contribution in [0.4, 0.5) is 0 Å². The average molecular weight is 358 g/mol. The number of nitrogens with one attached hydrogen (secondary N) is 1. The lowest BCUT2D eigenvalue weighted by atomic mass is 10.1. The van der Waals surface area contributed by atoms with E-state index >= 15 is 0 Å². The normalized spacial score (nSPS) is 11.1. The van der Waals surface area contributed by atoms with Crippen LogP contribution in [0.3, 0.4) is 0 Å². The molecule has 0 aliphatic heterocycles. The molecule has 1 N–H and O–H groups in total. The van der Waals surface area contributed by atoms with E-state index in [2.05, 4.69) is 16.0 Å². The van der Waals surface area contributed by atoms with Crippen molar-refractivity contribution >= 4 is 22.7 Å². The first-order chi connectivity index (χ1) is 13.0. The molecule has 0 fully saturated rings. The number of benzene rings is 2. The molecule has 1 heterocycles. The number of aryl methyl sites for hydroxylation is 2. The van der Waals surface area contributed by atoms with Gasteiger partial charge in [-0.2, -0.15) is 10.5 Å². The summed E-state index contributed by atoms with van der Waals surface area (Å²) < 4.78 is 10.6. The molecule has 0 radical (unpaired) electrons. The van der Waals surface area contributed by atoms with Gasteiger partial charge in [0.2, 0.25) is 0 Å². The van der Waals surface area contributed by atoms with E-state index in [1.54, 1.807) is 24.3 Å². The molecule has 0 amide bonds. The highest BCUT2D eigenvalue weighted by molar-refractivity contribution is 5.90. The monoisotopic (exact) mass is 358 g/mol. The highest BCUT2D eigenvalue weighted by atomic mass is 16.5. The number of methoxy groups -OCH3 is 1. The summed E-state index contributed by atoms with van der Waals surface area (Å²) in [6.45, 7) is 4.01. The summed E-state index contributed by atoms with van der Waals surface area (Å²) in [5, 5.41) is 18.2. The lowest BCUT2D eigenvalue weighted by molar-refractivity contribution is 0.329. The first kappa shape index (κ1) is 18.0. The third-order valence-electron chi connectivity index (χ3n) is 4.26. The molecule has 1 aromatic heterocycles. The number of fused-ring (bicyclic) bond motifs is 1. The Morgan fingerprint density at radius 3 is 2.63 bits per heavy atom. The highest BCUT2D eigenvalue weighted by Gasteiger charge is 2.11. The number of aromatic amines is 1. The fraction of sp³-hybridized carbons (Fsp3) is 0.190. The van der Waals surface area contributed by atoms with Crippen molar-refractivity contribution in [3.8, 4) is 23.6 Å². The maximum Gasteiger partial charge on any atom is 0.174 e. The van der Waals surface area contributed by atoms with Crippen LogP contribution in [0.15, 0.2) is 30.3 Å². The Hall–Kier alpha value is -3.77. The van der Waals surface area contributed by atoms with Crippen LogP contribution in [0.5, 0.6) is 11.5 Å². The molecule has 2 aromatic carbocycles. The number of imidazole rings is 1. The van der Waals surface area contributed by atoms with Crippen molar-refractivity contribution in [2.24, 2.45) is 0 Å². The summed E-state index contributed by atoms with van der Waals surface area (Å²) in [5.41, 5.74) is 5.22. The Labute approximate surface area is 157 Å². The SMILES string of the molecule is COc1cc(/C=C(/C#N)c2nc3cc(C)c(C)cc3[nH]2)ccc1OCC#N. The van der Waals surface area contributed by atoms with E-state index in [-0.39, 0.29) is 6.61 Å². The first-order valence-electron chi connectivity index (χ1n) is 8.32. The van der Waals surface area contributed by atoms with E-state index in [0.29, 0.717) is 22.9 Å². The fourth-order valence-corrected chi connectivity index (χ4v) is 2.72. The number of rotatable bonds is 5. The molecule has 0 aliphatic rings. The zero-order valence-corrected chi connectivity index (χ0v) is 15.3. The fourth-order valence-electron chi connectivity index (χ4n) is 2.72. The van der Waals surface area contributed by atoms with Crippen molar-refractivity contribution < 1.29 is 9.47 Å². The lowest BCUT2D eigenvalue weighted by Gasteiger charge is -2.09. The molecule has 0 unspecified atom stereocenters. The van der Waals surface area contributed by atoms with Gasteiger partial charge in [-0.1, -0.05) is 6.07 Å². The summed E-state index contributed by atoms with van der Waals surface area (Å²) in [6, 6.07) is 13.4. The predicted octanol–water partition coefficient (Wildman–Crippen LogP) is 4.15. The maximum absolute atomic E-state index is 9.60. The van der Waals surface area contributed by atoms with Gasteiger partial charge in [0.25, 0.3) is 0 Å².